The number of hydrogen-bond donors (Lipinski definition) is 0. The van der Waals surface area contributed by atoms with Crippen LogP contribution in [0, 0.1) is 11.8 Å². The topological polar surface area (TPSA) is 17.3 Å². The molecule has 0 spiro atoms. The van der Waals surface area contributed by atoms with Gasteiger partial charge in [-0.15, -0.1) is 11.3 Å². The van der Waals surface area contributed by atoms with Crippen molar-refractivity contribution in [2.24, 2.45) is 11.8 Å². The third kappa shape index (κ3) is 2.48. The molecule has 0 saturated heterocycles. The Morgan fingerprint density at radius 3 is 2.75 bits per heavy atom. The monoisotopic (exact) mass is 300 g/mol. The maximum atomic E-state index is 4.64. The molecule has 2 unspecified atom stereocenters. The number of halogens is 1. The molecule has 2 rings (SSSR count). The van der Waals surface area contributed by atoms with E-state index in [1.165, 1.54) is 5.69 Å². The lowest BCUT2D eigenvalue weighted by Crippen LogP contribution is -2.20. The molecule has 0 saturated carbocycles. The molecule has 0 aliphatic rings. The molecule has 16 heavy (non-hydrogen) atoms. The van der Waals surface area contributed by atoms with Crippen molar-refractivity contribution in [1.29, 1.82) is 0 Å². The van der Waals surface area contributed by atoms with Crippen LogP contribution in [0.25, 0.3) is 4.96 Å². The van der Waals surface area contributed by atoms with Crippen LogP contribution in [0.4, 0.5) is 0 Å². The van der Waals surface area contributed by atoms with E-state index in [1.54, 1.807) is 11.3 Å². The first-order valence-corrected chi connectivity index (χ1v) is 7.42. The van der Waals surface area contributed by atoms with Crippen LogP contribution < -0.4 is 0 Å². The van der Waals surface area contributed by atoms with Gasteiger partial charge in [0.2, 0.25) is 0 Å². The standard InChI is InChI=1S/C12H17BrN2S/c1-8(2)11(9(3)13)6-10-7-15-4-5-16-12(15)14-10/h4-5,7-9,11H,6H2,1-3H3. The Morgan fingerprint density at radius 1 is 1.44 bits per heavy atom. The molecule has 2 atom stereocenters. The Balaban J connectivity index is 2.16. The van der Waals surface area contributed by atoms with Gasteiger partial charge in [-0.1, -0.05) is 36.7 Å². The lowest BCUT2D eigenvalue weighted by molar-refractivity contribution is 0.381. The minimum Gasteiger partial charge on any atom is -0.297 e. The number of thiazole rings is 1. The van der Waals surface area contributed by atoms with E-state index in [4.69, 9.17) is 0 Å². The van der Waals surface area contributed by atoms with E-state index >= 15 is 0 Å². The zero-order chi connectivity index (χ0) is 11.7. The van der Waals surface area contributed by atoms with Crippen LogP contribution in [0.3, 0.4) is 0 Å². The van der Waals surface area contributed by atoms with Gasteiger partial charge in [-0.3, -0.25) is 4.40 Å². The van der Waals surface area contributed by atoms with Gasteiger partial charge in [0.15, 0.2) is 4.96 Å². The minimum absolute atomic E-state index is 0.534. The van der Waals surface area contributed by atoms with Crippen molar-refractivity contribution in [3.63, 3.8) is 0 Å². The first-order chi connectivity index (χ1) is 7.58. The van der Waals surface area contributed by atoms with Crippen molar-refractivity contribution in [1.82, 2.24) is 9.38 Å². The number of nitrogens with zero attached hydrogens (tertiary/aromatic N) is 2. The lowest BCUT2D eigenvalue weighted by Gasteiger charge is -2.22. The van der Waals surface area contributed by atoms with E-state index in [0.717, 1.165) is 11.4 Å². The van der Waals surface area contributed by atoms with E-state index in [1.807, 2.05) is 0 Å². The molecule has 2 nitrogen and oxygen atoms in total. The molecular weight excluding hydrogens is 284 g/mol. The predicted octanol–water partition coefficient (Wildman–Crippen LogP) is 3.99. The Kier molecular flexibility index (Phi) is 3.70. The quantitative estimate of drug-likeness (QED) is 0.780. The first-order valence-electron chi connectivity index (χ1n) is 5.63. The number of imidazole rings is 1. The summed E-state index contributed by atoms with van der Waals surface area (Å²) in [5, 5.41) is 2.07. The molecule has 0 aliphatic carbocycles. The van der Waals surface area contributed by atoms with E-state index in [-0.39, 0.29) is 0 Å². The molecular formula is C12H17BrN2S. The summed E-state index contributed by atoms with van der Waals surface area (Å²) in [6.07, 6.45) is 5.27. The van der Waals surface area contributed by atoms with Crippen LogP contribution in [0.1, 0.15) is 26.5 Å². The van der Waals surface area contributed by atoms with E-state index in [9.17, 15) is 0 Å². The van der Waals surface area contributed by atoms with Gasteiger partial charge >= 0.3 is 0 Å². The second kappa shape index (κ2) is 4.88. The second-order valence-corrected chi connectivity index (χ2v) is 6.93. The molecule has 88 valence electrons. The Morgan fingerprint density at radius 2 is 2.19 bits per heavy atom. The fourth-order valence-electron chi connectivity index (χ4n) is 2.04. The zero-order valence-electron chi connectivity index (χ0n) is 9.85. The molecule has 2 aromatic heterocycles. The number of fused-ring (bicyclic) bond motifs is 1. The first kappa shape index (κ1) is 12.1. The zero-order valence-corrected chi connectivity index (χ0v) is 12.3. The molecule has 2 aromatic rings. The van der Waals surface area contributed by atoms with Gasteiger partial charge in [0.25, 0.3) is 0 Å². The van der Waals surface area contributed by atoms with Crippen molar-refractivity contribution < 1.29 is 0 Å². The largest absolute Gasteiger partial charge is 0.297 e. The van der Waals surface area contributed by atoms with Gasteiger partial charge in [-0.05, 0) is 18.3 Å². The fraction of sp³-hybridized carbons (Fsp3) is 0.583. The summed E-state index contributed by atoms with van der Waals surface area (Å²) in [5.74, 6) is 1.32. The van der Waals surface area contributed by atoms with Crippen molar-refractivity contribution in [3.05, 3.63) is 23.5 Å². The molecule has 0 radical (unpaired) electrons. The Hall–Kier alpha value is -0.350. The number of hydrogen-bond acceptors (Lipinski definition) is 2. The normalized spacial score (nSPS) is 15.8. The summed E-state index contributed by atoms with van der Waals surface area (Å²) < 4.78 is 2.11. The number of aromatic nitrogens is 2. The van der Waals surface area contributed by atoms with Gasteiger partial charge in [0, 0.05) is 22.6 Å². The van der Waals surface area contributed by atoms with E-state index in [0.29, 0.717) is 16.7 Å². The van der Waals surface area contributed by atoms with Crippen molar-refractivity contribution in [2.45, 2.75) is 32.0 Å². The third-order valence-corrected chi connectivity index (χ3v) is 4.48. The minimum atomic E-state index is 0.534. The molecule has 0 amide bonds. The second-order valence-electron chi connectivity index (χ2n) is 4.61. The number of rotatable bonds is 4. The van der Waals surface area contributed by atoms with Crippen molar-refractivity contribution >= 4 is 32.2 Å². The predicted molar refractivity (Wildman–Crippen MR) is 73.5 cm³/mol. The van der Waals surface area contributed by atoms with Gasteiger partial charge in [0.1, 0.15) is 0 Å². The summed E-state index contributed by atoms with van der Waals surface area (Å²) in [7, 11) is 0. The van der Waals surface area contributed by atoms with Gasteiger partial charge in [-0.2, -0.15) is 0 Å². The molecule has 4 heteroatoms. The van der Waals surface area contributed by atoms with Crippen molar-refractivity contribution in [2.75, 3.05) is 0 Å². The Labute approximate surface area is 109 Å². The highest BCUT2D eigenvalue weighted by atomic mass is 79.9. The molecule has 0 aliphatic heterocycles. The van der Waals surface area contributed by atoms with Crippen LogP contribution in [-0.4, -0.2) is 14.2 Å². The van der Waals surface area contributed by atoms with E-state index in [2.05, 4.69) is 63.9 Å². The highest BCUT2D eigenvalue weighted by Gasteiger charge is 2.20. The number of alkyl halides is 1. The summed E-state index contributed by atoms with van der Waals surface area (Å²) in [6, 6.07) is 0. The van der Waals surface area contributed by atoms with Crippen LogP contribution in [0.15, 0.2) is 17.8 Å². The SMILES string of the molecule is CC(C)C(Cc1cn2ccsc2n1)C(C)Br. The average molecular weight is 301 g/mol. The maximum absolute atomic E-state index is 4.64. The smallest absolute Gasteiger partial charge is 0.193 e. The van der Waals surface area contributed by atoms with Crippen LogP contribution >= 0.6 is 27.3 Å². The van der Waals surface area contributed by atoms with Gasteiger partial charge in [-0.25, -0.2) is 4.98 Å². The third-order valence-electron chi connectivity index (χ3n) is 3.03. The van der Waals surface area contributed by atoms with Gasteiger partial charge < -0.3 is 0 Å². The maximum Gasteiger partial charge on any atom is 0.193 e. The Bertz CT molecular complexity index is 422. The summed E-state index contributed by atoms with van der Waals surface area (Å²) >= 11 is 5.39. The summed E-state index contributed by atoms with van der Waals surface area (Å²) in [6.45, 7) is 6.78. The van der Waals surface area contributed by atoms with Crippen LogP contribution in [0.2, 0.25) is 0 Å². The van der Waals surface area contributed by atoms with Gasteiger partial charge in [0.05, 0.1) is 5.69 Å². The molecule has 2 heterocycles. The lowest BCUT2D eigenvalue weighted by atomic mass is 9.89. The summed E-state index contributed by atoms with van der Waals surface area (Å²) in [5.41, 5.74) is 1.21. The molecule has 0 bridgehead atoms. The highest BCUT2D eigenvalue weighted by Crippen LogP contribution is 2.25. The summed E-state index contributed by atoms with van der Waals surface area (Å²) in [4.78, 5) is 6.27. The van der Waals surface area contributed by atoms with Crippen LogP contribution in [-0.2, 0) is 6.42 Å². The molecule has 0 aromatic carbocycles. The van der Waals surface area contributed by atoms with Crippen LogP contribution in [0.5, 0.6) is 0 Å². The average Bonchev–Trinajstić information content (AvgIpc) is 2.71. The molecule has 0 fully saturated rings. The fourth-order valence-corrected chi connectivity index (χ4v) is 3.56. The van der Waals surface area contributed by atoms with Crippen molar-refractivity contribution in [3.8, 4) is 0 Å². The highest BCUT2D eigenvalue weighted by molar-refractivity contribution is 9.09. The molecule has 0 N–H and O–H groups in total. The van der Waals surface area contributed by atoms with E-state index < -0.39 is 0 Å².